The summed E-state index contributed by atoms with van der Waals surface area (Å²) in [6, 6.07) is 8.15. The van der Waals surface area contributed by atoms with Gasteiger partial charge in [-0.2, -0.15) is 0 Å². The van der Waals surface area contributed by atoms with Crippen molar-refractivity contribution in [2.75, 3.05) is 6.61 Å². The van der Waals surface area contributed by atoms with Crippen molar-refractivity contribution < 1.29 is 4.74 Å². The fraction of sp³-hybridized carbons (Fsp3) is 0.571. The number of benzene rings is 1. The third-order valence-corrected chi connectivity index (χ3v) is 5.73. The van der Waals surface area contributed by atoms with E-state index < -0.39 is 0 Å². The summed E-state index contributed by atoms with van der Waals surface area (Å²) in [4.78, 5) is 9.15. The molecule has 0 fully saturated rings. The molecule has 2 rings (SSSR count). The number of nitrogens with zero attached hydrogens (tertiary/aromatic N) is 2. The lowest BCUT2D eigenvalue weighted by atomic mass is 10.0. The molecule has 0 amide bonds. The fourth-order valence-corrected chi connectivity index (χ4v) is 3.62. The van der Waals surface area contributed by atoms with Crippen molar-refractivity contribution >= 4 is 0 Å². The first-order valence-corrected chi connectivity index (χ1v) is 12.3. The molecule has 1 unspecified atom stereocenters. The second-order valence-corrected chi connectivity index (χ2v) is 9.06. The van der Waals surface area contributed by atoms with Gasteiger partial charge >= 0.3 is 0 Å². The zero-order valence-corrected chi connectivity index (χ0v) is 20.2. The van der Waals surface area contributed by atoms with Crippen LogP contribution < -0.4 is 4.74 Å². The Labute approximate surface area is 190 Å². The van der Waals surface area contributed by atoms with Gasteiger partial charge in [0.1, 0.15) is 5.75 Å². The van der Waals surface area contributed by atoms with E-state index in [-0.39, 0.29) is 0 Å². The van der Waals surface area contributed by atoms with E-state index >= 15 is 0 Å². The number of ether oxygens (including phenoxy) is 1. The third kappa shape index (κ3) is 10.6. The molecule has 0 aliphatic heterocycles. The van der Waals surface area contributed by atoms with Crippen LogP contribution in [0, 0.1) is 5.92 Å². The van der Waals surface area contributed by atoms with Crippen LogP contribution in [0.3, 0.4) is 0 Å². The Bertz CT molecular complexity index is 746. The largest absolute Gasteiger partial charge is 0.494 e. The van der Waals surface area contributed by atoms with Crippen molar-refractivity contribution in [1.82, 2.24) is 9.97 Å². The van der Waals surface area contributed by atoms with Crippen LogP contribution in [0.5, 0.6) is 5.75 Å². The average Bonchev–Trinajstić information content (AvgIpc) is 2.77. The molecule has 3 heteroatoms. The predicted octanol–water partition coefficient (Wildman–Crippen LogP) is 8.20. The van der Waals surface area contributed by atoms with Crippen molar-refractivity contribution in [3.05, 3.63) is 53.9 Å². The first kappa shape index (κ1) is 25.1. The lowest BCUT2D eigenvalue weighted by Crippen LogP contribution is -2.04. The number of allylic oxidation sites excluding steroid dienone is 2. The van der Waals surface area contributed by atoms with Gasteiger partial charge in [-0.3, -0.25) is 0 Å². The van der Waals surface area contributed by atoms with Gasteiger partial charge in [0.25, 0.3) is 0 Å². The quantitative estimate of drug-likeness (QED) is 0.214. The number of hydrogen-bond donors (Lipinski definition) is 0. The van der Waals surface area contributed by atoms with Crippen molar-refractivity contribution in [1.29, 1.82) is 0 Å². The Balaban J connectivity index is 1.71. The van der Waals surface area contributed by atoms with E-state index in [1.54, 1.807) is 0 Å². The summed E-state index contributed by atoms with van der Waals surface area (Å²) in [5.41, 5.74) is 3.67. The van der Waals surface area contributed by atoms with Crippen LogP contribution in [0.15, 0.2) is 48.3 Å². The van der Waals surface area contributed by atoms with Crippen LogP contribution in [0.25, 0.3) is 11.4 Å². The number of aryl methyl sites for hydroxylation is 1. The van der Waals surface area contributed by atoms with Gasteiger partial charge in [0.05, 0.1) is 6.61 Å². The van der Waals surface area contributed by atoms with Gasteiger partial charge in [0.2, 0.25) is 0 Å². The van der Waals surface area contributed by atoms with E-state index in [4.69, 9.17) is 4.74 Å². The topological polar surface area (TPSA) is 35.0 Å². The van der Waals surface area contributed by atoms with E-state index in [9.17, 15) is 0 Å². The molecule has 170 valence electrons. The molecule has 1 aromatic carbocycles. The molecule has 1 atom stereocenters. The van der Waals surface area contributed by atoms with Gasteiger partial charge in [-0.1, -0.05) is 57.6 Å². The predicted molar refractivity (Wildman–Crippen MR) is 132 cm³/mol. The van der Waals surface area contributed by atoms with Crippen LogP contribution in [-0.4, -0.2) is 16.6 Å². The highest BCUT2D eigenvalue weighted by Gasteiger charge is 2.05. The molecule has 0 saturated heterocycles. The Hall–Kier alpha value is -2.16. The molecule has 0 saturated carbocycles. The molecule has 0 N–H and O–H groups in total. The van der Waals surface area contributed by atoms with Crippen molar-refractivity contribution in [3.8, 4) is 17.1 Å². The average molecular weight is 423 g/mol. The monoisotopic (exact) mass is 422 g/mol. The van der Waals surface area contributed by atoms with Gasteiger partial charge in [0.15, 0.2) is 5.82 Å². The first-order chi connectivity index (χ1) is 15.1. The second kappa shape index (κ2) is 14.8. The van der Waals surface area contributed by atoms with Crippen molar-refractivity contribution in [2.45, 2.75) is 91.9 Å². The molecule has 0 aliphatic rings. The van der Waals surface area contributed by atoms with Gasteiger partial charge in [0, 0.05) is 18.0 Å². The van der Waals surface area contributed by atoms with E-state index in [1.165, 1.54) is 56.1 Å². The van der Waals surface area contributed by atoms with Crippen LogP contribution in [-0.2, 0) is 6.42 Å². The molecule has 1 aromatic heterocycles. The molecule has 0 spiro atoms. The minimum atomic E-state index is 0.679. The molecule has 0 bridgehead atoms. The lowest BCUT2D eigenvalue weighted by Gasteiger charge is -2.12. The van der Waals surface area contributed by atoms with Gasteiger partial charge in [-0.15, -0.1) is 0 Å². The fourth-order valence-electron chi connectivity index (χ4n) is 3.62. The molecule has 3 nitrogen and oxygen atoms in total. The zero-order valence-electron chi connectivity index (χ0n) is 20.2. The van der Waals surface area contributed by atoms with Crippen molar-refractivity contribution in [2.24, 2.45) is 5.92 Å². The van der Waals surface area contributed by atoms with Crippen molar-refractivity contribution in [3.63, 3.8) is 0 Å². The maximum absolute atomic E-state index is 5.94. The maximum atomic E-state index is 5.94. The summed E-state index contributed by atoms with van der Waals surface area (Å²) in [5, 5.41) is 0. The summed E-state index contributed by atoms with van der Waals surface area (Å²) in [6.45, 7) is 9.65. The lowest BCUT2D eigenvalue weighted by molar-refractivity contribution is 0.279. The van der Waals surface area contributed by atoms with Crippen LogP contribution in [0.2, 0.25) is 0 Å². The summed E-state index contributed by atoms with van der Waals surface area (Å²) in [5.74, 6) is 2.38. The zero-order chi connectivity index (χ0) is 22.3. The summed E-state index contributed by atoms with van der Waals surface area (Å²) in [7, 11) is 0. The normalized spacial score (nSPS) is 11.9. The molecule has 0 radical (unpaired) electrons. The highest BCUT2D eigenvalue weighted by atomic mass is 16.5. The van der Waals surface area contributed by atoms with Crippen LogP contribution >= 0.6 is 0 Å². The van der Waals surface area contributed by atoms with Crippen LogP contribution in [0.1, 0.15) is 91.0 Å². The number of aromatic nitrogens is 2. The smallest absolute Gasteiger partial charge is 0.159 e. The van der Waals surface area contributed by atoms with Crippen LogP contribution in [0.4, 0.5) is 0 Å². The molecule has 31 heavy (non-hydrogen) atoms. The minimum absolute atomic E-state index is 0.679. The number of rotatable bonds is 15. The summed E-state index contributed by atoms with van der Waals surface area (Å²) >= 11 is 0. The third-order valence-electron chi connectivity index (χ3n) is 5.73. The Morgan fingerprint density at radius 2 is 1.61 bits per heavy atom. The minimum Gasteiger partial charge on any atom is -0.494 e. The number of unbranched alkanes of at least 4 members (excludes halogenated alkanes) is 5. The van der Waals surface area contributed by atoms with Gasteiger partial charge < -0.3 is 4.74 Å². The Morgan fingerprint density at radius 3 is 2.29 bits per heavy atom. The van der Waals surface area contributed by atoms with E-state index in [0.717, 1.165) is 43.0 Å². The van der Waals surface area contributed by atoms with E-state index in [0.29, 0.717) is 5.92 Å². The Kier molecular flexibility index (Phi) is 12.0. The van der Waals surface area contributed by atoms with E-state index in [2.05, 4.69) is 55.9 Å². The summed E-state index contributed by atoms with van der Waals surface area (Å²) in [6.07, 6.45) is 18.7. The first-order valence-electron chi connectivity index (χ1n) is 12.3. The molecule has 0 aliphatic carbocycles. The highest BCUT2D eigenvalue weighted by molar-refractivity contribution is 5.55. The molecular weight excluding hydrogens is 380 g/mol. The van der Waals surface area contributed by atoms with E-state index in [1.807, 2.05) is 24.5 Å². The standard InChI is InChI=1S/C28H42N2O/c1-5-6-7-8-9-10-14-25-21-29-28(30-22-25)26-15-17-27(18-16-26)31-20-19-24(4)13-11-12-23(2)3/h12,15-18,21-22,24H,5-11,13-14,19-20H2,1-4H3. The molecule has 2 aromatic rings. The summed E-state index contributed by atoms with van der Waals surface area (Å²) < 4.78 is 5.94. The van der Waals surface area contributed by atoms with Gasteiger partial charge in [-0.25, -0.2) is 9.97 Å². The second-order valence-electron chi connectivity index (χ2n) is 9.06. The SMILES string of the molecule is CCCCCCCCc1cnc(-c2ccc(OCCC(C)CCC=C(C)C)cc2)nc1. The number of hydrogen-bond acceptors (Lipinski definition) is 3. The molecule has 1 heterocycles. The van der Waals surface area contributed by atoms with Gasteiger partial charge in [-0.05, 0) is 81.7 Å². The molecular formula is C28H42N2O. The Morgan fingerprint density at radius 1 is 0.935 bits per heavy atom. The highest BCUT2D eigenvalue weighted by Crippen LogP contribution is 2.20. The maximum Gasteiger partial charge on any atom is 0.159 e.